The Hall–Kier alpha value is -1.00. The number of nitrogens with one attached hydrogen (secondary N) is 1. The van der Waals surface area contributed by atoms with Gasteiger partial charge in [-0.15, -0.1) is 0 Å². The van der Waals surface area contributed by atoms with Crippen LogP contribution in [0.2, 0.25) is 0 Å². The van der Waals surface area contributed by atoms with Gasteiger partial charge in [0.1, 0.15) is 0 Å². The fourth-order valence-electron chi connectivity index (χ4n) is 0.821. The van der Waals surface area contributed by atoms with E-state index in [-0.39, 0.29) is 12.1 Å². The van der Waals surface area contributed by atoms with Crippen molar-refractivity contribution in [3.63, 3.8) is 0 Å². The van der Waals surface area contributed by atoms with Crippen LogP contribution < -0.4 is 16.8 Å². The van der Waals surface area contributed by atoms with Crippen molar-refractivity contribution >= 4 is 0 Å². The Bertz CT molecular complexity index is 168. The van der Waals surface area contributed by atoms with Gasteiger partial charge in [0.15, 0.2) is 0 Å². The SMILES string of the molecule is COC[C@@H](C)N/C=C/C(N)/C=C\N. The average molecular weight is 185 g/mol. The van der Waals surface area contributed by atoms with E-state index >= 15 is 0 Å². The third kappa shape index (κ3) is 7.36. The number of nitrogens with two attached hydrogens (primary N) is 2. The maximum absolute atomic E-state index is 5.62. The minimum Gasteiger partial charge on any atom is -0.405 e. The predicted octanol–water partition coefficient (Wildman–Crippen LogP) is -0.0757. The quantitative estimate of drug-likeness (QED) is 0.541. The number of methoxy groups -OCH3 is 1. The first-order valence-electron chi connectivity index (χ1n) is 4.26. The highest BCUT2D eigenvalue weighted by Crippen LogP contribution is 1.85. The summed E-state index contributed by atoms with van der Waals surface area (Å²) in [5.41, 5.74) is 10.8. The molecule has 76 valence electrons. The van der Waals surface area contributed by atoms with E-state index in [9.17, 15) is 0 Å². The Morgan fingerprint density at radius 2 is 2.15 bits per heavy atom. The fraction of sp³-hybridized carbons (Fsp3) is 0.556. The molecule has 1 unspecified atom stereocenters. The Labute approximate surface area is 79.6 Å². The maximum atomic E-state index is 5.62. The first-order valence-corrected chi connectivity index (χ1v) is 4.26. The van der Waals surface area contributed by atoms with Crippen molar-refractivity contribution in [3.05, 3.63) is 24.6 Å². The van der Waals surface area contributed by atoms with Crippen LogP contribution in [0.3, 0.4) is 0 Å². The lowest BCUT2D eigenvalue weighted by molar-refractivity contribution is 0.177. The van der Waals surface area contributed by atoms with E-state index in [1.54, 1.807) is 13.2 Å². The van der Waals surface area contributed by atoms with E-state index in [0.29, 0.717) is 6.61 Å². The van der Waals surface area contributed by atoms with Crippen LogP contribution in [0, 0.1) is 0 Å². The molecule has 0 saturated carbocycles. The van der Waals surface area contributed by atoms with Crippen LogP contribution in [0.5, 0.6) is 0 Å². The zero-order chi connectivity index (χ0) is 10.1. The van der Waals surface area contributed by atoms with Crippen LogP contribution >= 0.6 is 0 Å². The van der Waals surface area contributed by atoms with Gasteiger partial charge in [0.05, 0.1) is 6.61 Å². The van der Waals surface area contributed by atoms with Gasteiger partial charge in [-0.05, 0) is 31.5 Å². The molecule has 0 amide bonds. The van der Waals surface area contributed by atoms with Gasteiger partial charge < -0.3 is 21.5 Å². The minimum absolute atomic E-state index is 0.132. The number of rotatable bonds is 6. The predicted molar refractivity (Wildman–Crippen MR) is 54.9 cm³/mol. The van der Waals surface area contributed by atoms with Gasteiger partial charge in [0.25, 0.3) is 0 Å². The van der Waals surface area contributed by atoms with Crippen LogP contribution in [0.25, 0.3) is 0 Å². The largest absolute Gasteiger partial charge is 0.405 e. The van der Waals surface area contributed by atoms with E-state index in [0.717, 1.165) is 0 Å². The fourth-order valence-corrected chi connectivity index (χ4v) is 0.821. The summed E-state index contributed by atoms with van der Waals surface area (Å²) in [4.78, 5) is 0. The van der Waals surface area contributed by atoms with Crippen molar-refractivity contribution < 1.29 is 4.74 Å². The third-order valence-corrected chi connectivity index (χ3v) is 1.45. The Morgan fingerprint density at radius 1 is 1.46 bits per heavy atom. The summed E-state index contributed by atoms with van der Waals surface area (Å²) in [6.07, 6.45) is 6.79. The van der Waals surface area contributed by atoms with E-state index in [1.165, 1.54) is 6.20 Å². The molecule has 2 atom stereocenters. The smallest absolute Gasteiger partial charge is 0.0661 e. The van der Waals surface area contributed by atoms with Crippen molar-refractivity contribution in [2.45, 2.75) is 19.0 Å². The lowest BCUT2D eigenvalue weighted by atomic mass is 10.3. The molecule has 4 nitrogen and oxygen atoms in total. The first kappa shape index (κ1) is 12.0. The standard InChI is InChI=1S/C9H19N3O/c1-8(7-13-2)12-6-4-9(11)3-5-10/h3-6,8-9,12H,7,10-11H2,1-2H3/b5-3-,6-4+/t8-,9?/m1/s1. The van der Waals surface area contributed by atoms with E-state index in [4.69, 9.17) is 16.2 Å². The molecule has 4 heteroatoms. The summed E-state index contributed by atoms with van der Waals surface area (Å²) >= 11 is 0. The second-order valence-corrected chi connectivity index (χ2v) is 2.84. The Kier molecular flexibility index (Phi) is 7.05. The summed E-state index contributed by atoms with van der Waals surface area (Å²) in [7, 11) is 1.67. The molecule has 0 heterocycles. The van der Waals surface area contributed by atoms with Crippen molar-refractivity contribution in [3.8, 4) is 0 Å². The van der Waals surface area contributed by atoms with E-state index in [1.807, 2.05) is 19.2 Å². The molecule has 5 N–H and O–H groups in total. The number of ether oxygens (including phenoxy) is 1. The van der Waals surface area contributed by atoms with Crippen molar-refractivity contribution in [1.82, 2.24) is 5.32 Å². The van der Waals surface area contributed by atoms with Gasteiger partial charge in [0, 0.05) is 19.2 Å². The molecule has 0 aliphatic heterocycles. The average Bonchev–Trinajstić information content (AvgIpc) is 2.05. The lowest BCUT2D eigenvalue weighted by Gasteiger charge is -2.09. The van der Waals surface area contributed by atoms with Crippen LogP contribution in [0.15, 0.2) is 24.6 Å². The molecule has 0 radical (unpaired) electrons. The first-order chi connectivity index (χ1) is 6.20. The molecule has 0 bridgehead atoms. The van der Waals surface area contributed by atoms with Crippen molar-refractivity contribution in [1.29, 1.82) is 0 Å². The monoisotopic (exact) mass is 185 g/mol. The molecule has 0 rings (SSSR count). The highest BCUT2D eigenvalue weighted by atomic mass is 16.5. The molecule has 13 heavy (non-hydrogen) atoms. The summed E-state index contributed by atoms with van der Waals surface area (Å²) in [5.74, 6) is 0. The summed E-state index contributed by atoms with van der Waals surface area (Å²) in [5, 5.41) is 3.11. The van der Waals surface area contributed by atoms with Crippen LogP contribution in [0.4, 0.5) is 0 Å². The molecular weight excluding hydrogens is 166 g/mol. The molecule has 0 aromatic carbocycles. The minimum atomic E-state index is -0.132. The number of hydrogen-bond donors (Lipinski definition) is 3. The van der Waals surface area contributed by atoms with Crippen LogP contribution in [0.1, 0.15) is 6.92 Å². The molecular formula is C9H19N3O. The lowest BCUT2D eigenvalue weighted by Crippen LogP contribution is -2.26. The van der Waals surface area contributed by atoms with Crippen LogP contribution in [-0.2, 0) is 4.74 Å². The topological polar surface area (TPSA) is 73.3 Å². The normalized spacial score (nSPS) is 16.5. The van der Waals surface area contributed by atoms with Gasteiger partial charge in [0.2, 0.25) is 0 Å². The molecule has 0 saturated heterocycles. The zero-order valence-electron chi connectivity index (χ0n) is 8.23. The van der Waals surface area contributed by atoms with Gasteiger partial charge in [-0.2, -0.15) is 0 Å². The van der Waals surface area contributed by atoms with Gasteiger partial charge in [-0.25, -0.2) is 0 Å². The molecule has 0 aromatic rings. The van der Waals surface area contributed by atoms with Crippen LogP contribution in [-0.4, -0.2) is 25.8 Å². The second-order valence-electron chi connectivity index (χ2n) is 2.84. The second kappa shape index (κ2) is 7.64. The van der Waals surface area contributed by atoms with Gasteiger partial charge in [-0.3, -0.25) is 0 Å². The Morgan fingerprint density at radius 3 is 2.69 bits per heavy atom. The molecule has 0 aliphatic rings. The molecule has 0 fully saturated rings. The van der Waals surface area contributed by atoms with Gasteiger partial charge >= 0.3 is 0 Å². The maximum Gasteiger partial charge on any atom is 0.0661 e. The molecule has 0 aromatic heterocycles. The van der Waals surface area contributed by atoms with Crippen molar-refractivity contribution in [2.75, 3.05) is 13.7 Å². The summed E-state index contributed by atoms with van der Waals surface area (Å²) in [6.45, 7) is 2.70. The highest BCUT2D eigenvalue weighted by Gasteiger charge is 1.95. The summed E-state index contributed by atoms with van der Waals surface area (Å²) < 4.78 is 4.95. The van der Waals surface area contributed by atoms with E-state index in [2.05, 4.69) is 5.32 Å². The van der Waals surface area contributed by atoms with Gasteiger partial charge in [-0.1, -0.05) is 0 Å². The third-order valence-electron chi connectivity index (χ3n) is 1.45. The molecule has 0 spiro atoms. The Balaban J connectivity index is 3.61. The highest BCUT2D eigenvalue weighted by molar-refractivity contribution is 5.02. The number of hydrogen-bond acceptors (Lipinski definition) is 4. The van der Waals surface area contributed by atoms with E-state index < -0.39 is 0 Å². The van der Waals surface area contributed by atoms with Crippen molar-refractivity contribution in [2.24, 2.45) is 11.5 Å². The zero-order valence-corrected chi connectivity index (χ0v) is 8.23. The molecule has 0 aliphatic carbocycles. The summed E-state index contributed by atoms with van der Waals surface area (Å²) in [6, 6.07) is 0.155.